The number of benzene rings is 1. The van der Waals surface area contributed by atoms with Crippen molar-refractivity contribution in [2.24, 2.45) is 0 Å². The number of nitro groups is 1. The maximum absolute atomic E-state index is 12.1. The molecule has 0 spiro atoms. The van der Waals surface area contributed by atoms with E-state index in [-0.39, 0.29) is 12.2 Å². The van der Waals surface area contributed by atoms with Crippen LogP contribution in [-0.4, -0.2) is 52.2 Å². The summed E-state index contributed by atoms with van der Waals surface area (Å²) < 4.78 is 5.13. The molecule has 0 saturated carbocycles. The fraction of sp³-hybridized carbons (Fsp3) is 0.400. The predicted octanol–water partition coefficient (Wildman–Crippen LogP) is 1.56. The number of carbonyl (C=O) groups is 3. The fourth-order valence-electron chi connectivity index (χ4n) is 2.12. The van der Waals surface area contributed by atoms with Gasteiger partial charge in [-0.05, 0) is 26.0 Å². The van der Waals surface area contributed by atoms with E-state index in [0.717, 1.165) is 16.7 Å². The average Bonchev–Trinajstić information content (AvgIpc) is 3.00. The number of nitrogens with one attached hydrogen (secondary N) is 1. The van der Waals surface area contributed by atoms with E-state index in [4.69, 9.17) is 4.74 Å². The first-order valence-electron chi connectivity index (χ1n) is 7.50. The van der Waals surface area contributed by atoms with Crippen LogP contribution in [0.3, 0.4) is 0 Å². The molecular formula is C15H17N3O6S. The van der Waals surface area contributed by atoms with Gasteiger partial charge in [-0.3, -0.25) is 24.6 Å². The minimum absolute atomic E-state index is 0.0392. The van der Waals surface area contributed by atoms with Crippen LogP contribution in [0.1, 0.15) is 13.8 Å². The Morgan fingerprint density at radius 3 is 2.48 bits per heavy atom. The summed E-state index contributed by atoms with van der Waals surface area (Å²) in [5.41, 5.74) is -0.0392. The van der Waals surface area contributed by atoms with Crippen LogP contribution in [0, 0.1) is 10.1 Å². The molecule has 25 heavy (non-hydrogen) atoms. The Hall–Kier alpha value is -2.62. The summed E-state index contributed by atoms with van der Waals surface area (Å²) in [6.07, 6.45) is -1.07. The molecular weight excluding hydrogens is 350 g/mol. The van der Waals surface area contributed by atoms with Crippen molar-refractivity contribution in [3.05, 3.63) is 34.4 Å². The van der Waals surface area contributed by atoms with Crippen molar-refractivity contribution in [2.75, 3.05) is 13.1 Å². The quantitative estimate of drug-likeness (QED) is 0.351. The highest BCUT2D eigenvalue weighted by Gasteiger charge is 2.32. The Balaban J connectivity index is 1.89. The summed E-state index contributed by atoms with van der Waals surface area (Å²) in [5.74, 6) is -1.18. The number of nitrogens with zero attached hydrogens (tertiary/aromatic N) is 2. The summed E-state index contributed by atoms with van der Waals surface area (Å²) in [5, 5.41) is 12.5. The molecule has 1 fully saturated rings. The van der Waals surface area contributed by atoms with E-state index in [0.29, 0.717) is 11.4 Å². The van der Waals surface area contributed by atoms with E-state index in [1.165, 1.54) is 31.2 Å². The van der Waals surface area contributed by atoms with Crippen LogP contribution in [0.2, 0.25) is 0 Å². The molecule has 1 aliphatic rings. The van der Waals surface area contributed by atoms with Crippen molar-refractivity contribution in [1.82, 2.24) is 10.2 Å². The number of hydrogen-bond acceptors (Lipinski definition) is 7. The van der Waals surface area contributed by atoms with E-state index >= 15 is 0 Å². The first-order valence-corrected chi connectivity index (χ1v) is 8.38. The molecule has 1 aromatic carbocycles. The Bertz CT molecular complexity index is 693. The Morgan fingerprint density at radius 1 is 1.32 bits per heavy atom. The lowest BCUT2D eigenvalue weighted by Gasteiger charge is -2.19. The second-order valence-corrected chi connectivity index (χ2v) is 6.73. The van der Waals surface area contributed by atoms with Gasteiger partial charge in [0.05, 0.1) is 4.92 Å². The van der Waals surface area contributed by atoms with Gasteiger partial charge in [0.1, 0.15) is 5.25 Å². The Kier molecular flexibility index (Phi) is 5.97. The number of amides is 3. The summed E-state index contributed by atoms with van der Waals surface area (Å²) in [6, 6.07) is 5.27. The van der Waals surface area contributed by atoms with Crippen molar-refractivity contribution >= 4 is 35.4 Å². The zero-order chi connectivity index (χ0) is 18.6. The monoisotopic (exact) mass is 367 g/mol. The van der Waals surface area contributed by atoms with Gasteiger partial charge in [-0.2, -0.15) is 0 Å². The van der Waals surface area contributed by atoms with Gasteiger partial charge in [0.2, 0.25) is 0 Å². The molecule has 2 atom stereocenters. The van der Waals surface area contributed by atoms with Crippen LogP contribution in [0.4, 0.5) is 10.5 Å². The van der Waals surface area contributed by atoms with Crippen molar-refractivity contribution in [2.45, 2.75) is 30.1 Å². The largest absolute Gasteiger partial charge is 0.452 e. The van der Waals surface area contributed by atoms with Crippen LogP contribution in [0.15, 0.2) is 29.2 Å². The molecule has 2 rings (SSSR count). The lowest BCUT2D eigenvalue weighted by molar-refractivity contribution is -0.384. The number of non-ortho nitro benzene ring substituents is 1. The van der Waals surface area contributed by atoms with Gasteiger partial charge in [-0.25, -0.2) is 4.79 Å². The standard InChI is InChI=1S/C15H17N3O6S/c1-9(13(19)17-8-7-16-15(17)21)24-14(20)10(2)25-12-5-3-11(4-6-12)18(22)23/h3-6,9-10H,7-8H2,1-2H3,(H,16,21)/t9-,10-/m0/s1. The third-order valence-electron chi connectivity index (χ3n) is 3.46. The summed E-state index contributed by atoms with van der Waals surface area (Å²) >= 11 is 1.16. The highest BCUT2D eigenvalue weighted by molar-refractivity contribution is 8.00. The molecule has 3 amide bonds. The minimum atomic E-state index is -1.07. The molecule has 0 aliphatic carbocycles. The maximum atomic E-state index is 12.1. The van der Waals surface area contributed by atoms with Gasteiger partial charge in [-0.1, -0.05) is 0 Å². The molecule has 1 heterocycles. The number of nitro benzene ring substituents is 1. The lowest BCUT2D eigenvalue weighted by Crippen LogP contribution is -2.42. The first-order chi connectivity index (χ1) is 11.8. The van der Waals surface area contributed by atoms with Crippen LogP contribution in [0.25, 0.3) is 0 Å². The summed E-state index contributed by atoms with van der Waals surface area (Å²) in [4.78, 5) is 47.4. The summed E-state index contributed by atoms with van der Waals surface area (Å²) in [7, 11) is 0. The minimum Gasteiger partial charge on any atom is -0.452 e. The smallest absolute Gasteiger partial charge is 0.324 e. The van der Waals surface area contributed by atoms with Crippen molar-refractivity contribution in [3.8, 4) is 0 Å². The van der Waals surface area contributed by atoms with E-state index in [1.54, 1.807) is 6.92 Å². The van der Waals surface area contributed by atoms with Crippen LogP contribution < -0.4 is 5.32 Å². The van der Waals surface area contributed by atoms with Crippen molar-refractivity contribution in [1.29, 1.82) is 0 Å². The van der Waals surface area contributed by atoms with Crippen LogP contribution in [0.5, 0.6) is 0 Å². The molecule has 10 heteroatoms. The third kappa shape index (κ3) is 4.69. The van der Waals surface area contributed by atoms with Crippen LogP contribution >= 0.6 is 11.8 Å². The fourth-order valence-corrected chi connectivity index (χ4v) is 2.97. The molecule has 1 aliphatic heterocycles. The number of esters is 1. The second-order valence-electron chi connectivity index (χ2n) is 5.31. The van der Waals surface area contributed by atoms with E-state index in [9.17, 15) is 24.5 Å². The number of urea groups is 1. The predicted molar refractivity (Wildman–Crippen MR) is 89.1 cm³/mol. The van der Waals surface area contributed by atoms with Crippen molar-refractivity contribution in [3.63, 3.8) is 0 Å². The van der Waals surface area contributed by atoms with E-state index in [2.05, 4.69) is 5.32 Å². The average molecular weight is 367 g/mol. The normalized spacial score (nSPS) is 16.1. The Labute approximate surface area is 147 Å². The molecule has 0 unspecified atom stereocenters. The summed E-state index contributed by atoms with van der Waals surface area (Å²) in [6.45, 7) is 3.63. The van der Waals surface area contributed by atoms with Crippen LogP contribution in [-0.2, 0) is 14.3 Å². The number of carbonyl (C=O) groups excluding carboxylic acids is 3. The Morgan fingerprint density at radius 2 is 1.96 bits per heavy atom. The van der Waals surface area contributed by atoms with Gasteiger partial charge in [0.15, 0.2) is 6.10 Å². The molecule has 0 radical (unpaired) electrons. The van der Waals surface area contributed by atoms with Gasteiger partial charge >= 0.3 is 12.0 Å². The number of ether oxygens (including phenoxy) is 1. The highest BCUT2D eigenvalue weighted by Crippen LogP contribution is 2.26. The molecule has 0 aromatic heterocycles. The highest BCUT2D eigenvalue weighted by atomic mass is 32.2. The first kappa shape index (κ1) is 18.7. The molecule has 1 N–H and O–H groups in total. The van der Waals surface area contributed by atoms with Crippen molar-refractivity contribution < 1.29 is 24.0 Å². The van der Waals surface area contributed by atoms with E-state index in [1.807, 2.05) is 0 Å². The molecule has 1 saturated heterocycles. The van der Waals surface area contributed by atoms with Gasteiger partial charge in [-0.15, -0.1) is 11.8 Å². The molecule has 9 nitrogen and oxygen atoms in total. The lowest BCUT2D eigenvalue weighted by atomic mass is 10.3. The molecule has 0 bridgehead atoms. The van der Waals surface area contributed by atoms with Gasteiger partial charge < -0.3 is 10.1 Å². The molecule has 134 valence electrons. The second kappa shape index (κ2) is 7.97. The number of imide groups is 1. The maximum Gasteiger partial charge on any atom is 0.324 e. The number of hydrogen-bond donors (Lipinski definition) is 1. The zero-order valence-electron chi connectivity index (χ0n) is 13.6. The number of thioether (sulfide) groups is 1. The topological polar surface area (TPSA) is 119 Å². The molecule has 1 aromatic rings. The van der Waals surface area contributed by atoms with Gasteiger partial charge in [0.25, 0.3) is 11.6 Å². The van der Waals surface area contributed by atoms with Gasteiger partial charge in [0, 0.05) is 30.1 Å². The van der Waals surface area contributed by atoms with E-state index < -0.39 is 34.2 Å². The third-order valence-corrected chi connectivity index (χ3v) is 4.55. The SMILES string of the molecule is C[C@H](OC(=O)[C@H](C)Sc1ccc([N+](=O)[O-])cc1)C(=O)N1CCNC1=O. The number of rotatable bonds is 6. The zero-order valence-corrected chi connectivity index (χ0v) is 14.4.